The Morgan fingerprint density at radius 3 is 0.736 bits per heavy atom. The first-order valence-corrected chi connectivity index (χ1v) is 53.4. The molecular formula is C102H153F6N15O18S3. The molecule has 0 fully saturated rings. The van der Waals surface area contributed by atoms with Crippen LogP contribution in [-0.4, -0.2) is 294 Å². The summed E-state index contributed by atoms with van der Waals surface area (Å²) in [5.74, 6) is -9.32. The van der Waals surface area contributed by atoms with Gasteiger partial charge in [0.15, 0.2) is 0 Å². The van der Waals surface area contributed by atoms with Crippen molar-refractivity contribution in [3.63, 3.8) is 0 Å². The van der Waals surface area contributed by atoms with Crippen LogP contribution in [0.4, 0.5) is 26.3 Å². The van der Waals surface area contributed by atoms with E-state index in [9.17, 15) is 110 Å². The predicted molar refractivity (Wildman–Crippen MR) is 542 cm³/mol. The van der Waals surface area contributed by atoms with Crippen LogP contribution in [0.3, 0.4) is 0 Å². The molecule has 0 spiro atoms. The standard InChI is InChI=1S/C35H53F2N5O6S.C34H51F2N5O6S.C33H49F2N5O6S/c1-8-11-14-42(39-33(44)15-24(4)5)23-32(43)31(18-25-16-28(36)22-29(37)17-25)38-34(45)26-19-27(35(46)41(12-9-2)13-10-3)21-30(20-26)49(47,48)40(6)7;1-8-11-40(12-9-2)34(45)26-18-25(19-29(20-26)48(46,47)39(6)7)33(44)37-30(17-24-15-27(35)21-28(36)16-24)31(42)22-41(13-10-3)38-32(43)14-23(4)5;1-8-11-39(12-9-2)33(44)25-17-24(18-28(19-25)47(45,46)38(6)7)32(43)36-29(16-23-14-26(34)20-27(35)15-23)30(41)21-40(10-3)37-31(42)13-22(4)5/h16-17,19-22,24,31-32,43H,8-15,18,23H2,1-7H3,(H,38,45)(H,39,44);15-16,18-21,23,30-31,42H,8-14,17,22H2,1-7H3,(H,37,44)(H,38,43);14-15,17-20,22,29-30,41H,8-13,16,21H2,1-7H3,(H,36,43)(H,37,42). The number of nitrogens with one attached hydrogen (secondary N) is 6. The Hall–Kier alpha value is -10.4. The van der Waals surface area contributed by atoms with E-state index in [0.29, 0.717) is 128 Å². The van der Waals surface area contributed by atoms with Gasteiger partial charge in [-0.3, -0.25) is 59.4 Å². The monoisotopic (exact) mass is 2090 g/mol. The quantitative estimate of drug-likeness (QED) is 0.0126. The SMILES string of the molecule is CCCCN(CC(O)C(Cc1cc(F)cc(F)c1)NC(=O)c1cc(C(=O)N(CCC)CCC)cc(S(=O)(=O)N(C)C)c1)NC(=O)CC(C)C.CCCN(CC(O)C(Cc1cc(F)cc(F)c1)NC(=O)c1cc(C(=O)N(CCC)CCC)cc(S(=O)(=O)N(C)C)c1)NC(=O)CC(C)C.CCCN(CCC)C(=O)c1cc(C(=O)NC(Cc2cc(F)cc(F)c2)C(O)CN(CC)NC(=O)CC(C)C)cc(S(=O)(=O)N(C)C)c1. The lowest BCUT2D eigenvalue weighted by atomic mass is 9.99. The van der Waals surface area contributed by atoms with E-state index in [1.165, 1.54) is 88.7 Å². The molecule has 804 valence electrons. The van der Waals surface area contributed by atoms with Crippen molar-refractivity contribution < 1.29 is 110 Å². The first-order chi connectivity index (χ1) is 67.5. The molecule has 0 aromatic heterocycles. The summed E-state index contributed by atoms with van der Waals surface area (Å²) in [6, 6.07) is 16.2. The second-order valence-electron chi connectivity index (χ2n) is 37.5. The molecule has 6 atom stereocenters. The number of rotatable bonds is 57. The minimum atomic E-state index is -4.08. The summed E-state index contributed by atoms with van der Waals surface area (Å²) in [6.07, 6.45) is 2.19. The molecule has 42 heteroatoms. The van der Waals surface area contributed by atoms with Crippen molar-refractivity contribution in [1.82, 2.24) is 74.9 Å². The average Bonchev–Trinajstić information content (AvgIpc) is 0.794. The van der Waals surface area contributed by atoms with E-state index in [4.69, 9.17) is 0 Å². The third-order valence-corrected chi connectivity index (χ3v) is 27.8. The molecule has 0 radical (unpaired) electrons. The number of hydrogen-bond acceptors (Lipinski definition) is 21. The largest absolute Gasteiger partial charge is 0.390 e. The van der Waals surface area contributed by atoms with Gasteiger partial charge in [-0.1, -0.05) is 110 Å². The maximum absolute atomic E-state index is 14.2. The third kappa shape index (κ3) is 41.5. The normalized spacial score (nSPS) is 13.1. The maximum Gasteiger partial charge on any atom is 0.253 e. The van der Waals surface area contributed by atoms with E-state index >= 15 is 0 Å². The summed E-state index contributed by atoms with van der Waals surface area (Å²) >= 11 is 0. The number of benzene rings is 6. The van der Waals surface area contributed by atoms with Crippen molar-refractivity contribution in [1.29, 1.82) is 0 Å². The Balaban J connectivity index is 0.000000450. The molecule has 0 saturated heterocycles. The van der Waals surface area contributed by atoms with Gasteiger partial charge >= 0.3 is 0 Å². The summed E-state index contributed by atoms with van der Waals surface area (Å²) in [6.45, 7) is 31.7. The van der Waals surface area contributed by atoms with Gasteiger partial charge in [-0.15, -0.1) is 0 Å². The number of unbranched alkanes of at least 4 members (excludes halogenated alkanes) is 1. The molecule has 9 N–H and O–H groups in total. The lowest BCUT2D eigenvalue weighted by Crippen LogP contribution is -2.53. The van der Waals surface area contributed by atoms with Crippen molar-refractivity contribution >= 4 is 83.2 Å². The number of halogens is 6. The molecule has 6 unspecified atom stereocenters. The van der Waals surface area contributed by atoms with Gasteiger partial charge in [0.05, 0.1) is 51.1 Å². The van der Waals surface area contributed by atoms with Gasteiger partial charge in [-0.05, 0) is 196 Å². The molecule has 0 heterocycles. The van der Waals surface area contributed by atoms with Crippen LogP contribution in [0.2, 0.25) is 0 Å². The van der Waals surface area contributed by atoms with E-state index < -0.39 is 137 Å². The summed E-state index contributed by atoms with van der Waals surface area (Å²) in [4.78, 5) is 124. The van der Waals surface area contributed by atoms with E-state index in [2.05, 4.69) is 32.2 Å². The van der Waals surface area contributed by atoms with Gasteiger partial charge in [0.1, 0.15) is 34.9 Å². The number of carbonyl (C=O) groups is 9. The summed E-state index contributed by atoms with van der Waals surface area (Å²) in [5, 5.41) is 46.9. The van der Waals surface area contributed by atoms with Crippen molar-refractivity contribution in [3.8, 4) is 0 Å². The molecule has 144 heavy (non-hydrogen) atoms. The number of aliphatic hydroxyl groups is 3. The van der Waals surface area contributed by atoms with Crippen molar-refractivity contribution in [3.05, 3.63) is 194 Å². The van der Waals surface area contributed by atoms with Crippen molar-refractivity contribution in [2.24, 2.45) is 17.8 Å². The molecule has 0 bridgehead atoms. The average molecular weight is 2090 g/mol. The van der Waals surface area contributed by atoms with Crippen LogP contribution in [0.25, 0.3) is 0 Å². The van der Waals surface area contributed by atoms with Crippen LogP contribution in [0, 0.1) is 52.7 Å². The topological polar surface area (TPSA) is 418 Å². The van der Waals surface area contributed by atoms with Crippen LogP contribution in [0.15, 0.2) is 124 Å². The maximum atomic E-state index is 14.2. The summed E-state index contributed by atoms with van der Waals surface area (Å²) in [5.41, 5.74) is 8.27. The zero-order valence-corrected chi connectivity index (χ0v) is 89.6. The summed E-state index contributed by atoms with van der Waals surface area (Å²) in [7, 11) is -4.27. The third-order valence-electron chi connectivity index (χ3n) is 22.4. The van der Waals surface area contributed by atoms with Gasteiger partial charge in [0.25, 0.3) is 35.4 Å². The molecule has 6 rings (SSSR count). The van der Waals surface area contributed by atoms with Gasteiger partial charge in [-0.2, -0.15) is 0 Å². The highest BCUT2D eigenvalue weighted by Gasteiger charge is 2.35. The zero-order valence-electron chi connectivity index (χ0n) is 87.2. The second-order valence-corrected chi connectivity index (χ2v) is 44.0. The molecule has 0 aliphatic carbocycles. The molecule has 9 amide bonds. The molecule has 0 saturated carbocycles. The Morgan fingerprint density at radius 2 is 0.521 bits per heavy atom. The Bertz CT molecular complexity index is 5500. The first-order valence-electron chi connectivity index (χ1n) is 49.1. The number of amides is 9. The number of aliphatic hydroxyl groups excluding tert-OH is 3. The van der Waals surface area contributed by atoms with Crippen LogP contribution in [-0.2, 0) is 63.7 Å². The van der Waals surface area contributed by atoms with Crippen molar-refractivity contribution in [2.75, 3.05) is 121 Å². The van der Waals surface area contributed by atoms with Crippen LogP contribution >= 0.6 is 0 Å². The number of sulfonamides is 3. The van der Waals surface area contributed by atoms with E-state index in [-0.39, 0.29) is 158 Å². The Kier molecular flexibility index (Phi) is 53.6. The van der Waals surface area contributed by atoms with Crippen LogP contribution in [0.1, 0.15) is 260 Å². The molecular weight excluding hydrogens is 1930 g/mol. The van der Waals surface area contributed by atoms with Crippen LogP contribution < -0.4 is 32.2 Å². The van der Waals surface area contributed by atoms with Gasteiger partial charge < -0.3 is 46.0 Å². The highest BCUT2D eigenvalue weighted by Crippen LogP contribution is 2.28. The molecule has 0 aliphatic rings. The summed E-state index contributed by atoms with van der Waals surface area (Å²) < 4.78 is 167. The van der Waals surface area contributed by atoms with E-state index in [1.54, 1.807) is 26.6 Å². The van der Waals surface area contributed by atoms with Crippen LogP contribution in [0.5, 0.6) is 0 Å². The number of hydrogen-bond donors (Lipinski definition) is 9. The van der Waals surface area contributed by atoms with Gasteiger partial charge in [0, 0.05) is 192 Å². The highest BCUT2D eigenvalue weighted by atomic mass is 32.2. The number of carbonyl (C=O) groups excluding carboxylic acids is 9. The lowest BCUT2D eigenvalue weighted by Gasteiger charge is -2.31. The molecule has 0 aliphatic heterocycles. The fourth-order valence-electron chi connectivity index (χ4n) is 15.4. The first kappa shape index (κ1) is 126. The minimum absolute atomic E-state index is 0.00196. The molecule has 33 nitrogen and oxygen atoms in total. The predicted octanol–water partition coefficient (Wildman–Crippen LogP) is 11.9. The van der Waals surface area contributed by atoms with Gasteiger partial charge in [-0.25, -0.2) is 79.5 Å². The Labute approximate surface area is 847 Å². The zero-order chi connectivity index (χ0) is 109. The number of likely N-dealkylation sites (N-methyl/N-ethyl adjacent to an activating group) is 1. The fraction of sp³-hybridized carbons (Fsp3) is 0.559. The highest BCUT2D eigenvalue weighted by molar-refractivity contribution is 7.89. The number of nitrogens with zero attached hydrogens (tertiary/aromatic N) is 9. The smallest absolute Gasteiger partial charge is 0.253 e. The molecule has 6 aromatic carbocycles. The number of hydrazine groups is 3. The van der Waals surface area contributed by atoms with E-state index in [1.807, 2.05) is 96.9 Å². The second kappa shape index (κ2) is 61.3. The Morgan fingerprint density at radius 1 is 0.299 bits per heavy atom. The van der Waals surface area contributed by atoms with Crippen molar-refractivity contribution in [2.45, 2.75) is 251 Å². The lowest BCUT2D eigenvalue weighted by molar-refractivity contribution is -0.128. The molecule has 6 aromatic rings. The van der Waals surface area contributed by atoms with Gasteiger partial charge in [0.2, 0.25) is 47.8 Å². The fourth-order valence-corrected chi connectivity index (χ4v) is 18.3. The minimum Gasteiger partial charge on any atom is -0.390 e. The van der Waals surface area contributed by atoms with E-state index in [0.717, 1.165) is 73.9 Å².